The van der Waals surface area contributed by atoms with Gasteiger partial charge in [0.15, 0.2) is 0 Å². The predicted octanol–water partition coefficient (Wildman–Crippen LogP) is -1.70. The number of hydrogen-bond acceptors (Lipinski definition) is 4. The van der Waals surface area contributed by atoms with Crippen molar-refractivity contribution in [2.75, 3.05) is 0 Å². The lowest BCUT2D eigenvalue weighted by Crippen LogP contribution is -2.31. The van der Waals surface area contributed by atoms with Gasteiger partial charge in [0.1, 0.15) is 11.6 Å². The molecule has 0 rings (SSSR count). The Bertz CT molecular complexity index is 231. The molecule has 2 unspecified atom stereocenters. The third kappa shape index (κ3) is 4.85. The molecule has 13 heavy (non-hydrogen) atoms. The normalized spacial score (nSPS) is 18.3. The van der Waals surface area contributed by atoms with Gasteiger partial charge in [-0.25, -0.2) is 0 Å². The van der Waals surface area contributed by atoms with Crippen molar-refractivity contribution in [3.8, 4) is 0 Å². The van der Waals surface area contributed by atoms with Gasteiger partial charge >= 0.3 is 15.2 Å². The van der Waals surface area contributed by atoms with Gasteiger partial charge < -0.3 is 31.0 Å². The fraction of sp³-hybridized carbons (Fsp3) is 1.00. The van der Waals surface area contributed by atoms with Crippen LogP contribution in [0.2, 0.25) is 0 Å². The Hall–Kier alpha value is 0.220. The van der Waals surface area contributed by atoms with E-state index in [2.05, 4.69) is 0 Å². The van der Waals surface area contributed by atoms with Gasteiger partial charge in [-0.05, 0) is 0 Å². The molecule has 0 aliphatic rings. The molecule has 0 fully saturated rings. The highest BCUT2D eigenvalue weighted by Crippen LogP contribution is 2.46. The maximum Gasteiger partial charge on any atom is 0.342 e. The minimum atomic E-state index is -4.53. The number of hydrogen-bond donors (Lipinski definition) is 6. The minimum Gasteiger partial charge on any atom is -0.323 e. The van der Waals surface area contributed by atoms with Gasteiger partial charge in [-0.1, -0.05) is 0 Å². The van der Waals surface area contributed by atoms with Crippen LogP contribution in [0, 0.1) is 0 Å². The molecule has 0 aromatic carbocycles. The van der Waals surface area contributed by atoms with E-state index in [4.69, 9.17) is 31.0 Å². The van der Waals surface area contributed by atoms with E-state index in [-0.39, 0.29) is 0 Å². The van der Waals surface area contributed by atoms with Gasteiger partial charge in [-0.2, -0.15) is 0 Å². The molecule has 10 heteroatoms. The van der Waals surface area contributed by atoms with E-state index in [1.165, 1.54) is 0 Å². The summed E-state index contributed by atoms with van der Waals surface area (Å²) in [5.74, 6) is -3.29. The summed E-state index contributed by atoms with van der Waals surface area (Å²) >= 11 is 0. The summed E-state index contributed by atoms with van der Waals surface area (Å²) in [4.78, 5) is 33.9. The second kappa shape index (κ2) is 4.16. The molecule has 0 aliphatic heterocycles. The summed E-state index contributed by atoms with van der Waals surface area (Å²) in [6.07, 6.45) is -0.630. The average Bonchev–Trinajstić information content (AvgIpc) is 1.82. The molecule has 0 aromatic rings. The summed E-state index contributed by atoms with van der Waals surface area (Å²) in [5, 5.41) is 0. The second-order valence-electron chi connectivity index (χ2n) is 2.55. The van der Waals surface area contributed by atoms with Crippen LogP contribution in [0.15, 0.2) is 0 Å². The summed E-state index contributed by atoms with van der Waals surface area (Å²) in [5.41, 5.74) is 9.92. The van der Waals surface area contributed by atoms with Crippen LogP contribution in [0.1, 0.15) is 6.42 Å². The van der Waals surface area contributed by atoms with Crippen LogP contribution in [0.4, 0.5) is 0 Å². The van der Waals surface area contributed by atoms with Crippen LogP contribution < -0.4 is 11.5 Å². The van der Waals surface area contributed by atoms with Gasteiger partial charge in [-0.3, -0.25) is 9.13 Å². The van der Waals surface area contributed by atoms with Gasteiger partial charge in [-0.15, -0.1) is 0 Å². The standard InChI is InChI=1S/C3H12N2O6P2/c4-2(12(6,7)8)1-3(5)13(9,10)11/h2-3H,1,4-5H2,(H2,6,7,8)(H2,9,10,11). The molecule has 0 bridgehead atoms. The maximum atomic E-state index is 10.5. The van der Waals surface area contributed by atoms with Crippen molar-refractivity contribution >= 4 is 15.2 Å². The smallest absolute Gasteiger partial charge is 0.323 e. The fourth-order valence-corrected chi connectivity index (χ4v) is 1.69. The van der Waals surface area contributed by atoms with Crippen molar-refractivity contribution in [3.63, 3.8) is 0 Å². The van der Waals surface area contributed by atoms with Crippen LogP contribution in [0.25, 0.3) is 0 Å². The Morgan fingerprint density at radius 3 is 1.31 bits per heavy atom. The molecule has 8 nitrogen and oxygen atoms in total. The molecule has 0 aromatic heterocycles. The molecule has 8 N–H and O–H groups in total. The van der Waals surface area contributed by atoms with Gasteiger partial charge in [0.2, 0.25) is 0 Å². The van der Waals surface area contributed by atoms with Crippen molar-refractivity contribution in [1.29, 1.82) is 0 Å². The highest BCUT2D eigenvalue weighted by molar-refractivity contribution is 7.53. The van der Waals surface area contributed by atoms with Crippen molar-refractivity contribution in [2.45, 2.75) is 18.0 Å². The monoisotopic (exact) mass is 234 g/mol. The largest absolute Gasteiger partial charge is 0.342 e. The zero-order chi connectivity index (χ0) is 10.9. The van der Waals surface area contributed by atoms with Crippen LogP contribution >= 0.6 is 15.2 Å². The second-order valence-corrected chi connectivity index (χ2v) is 6.23. The third-order valence-corrected chi connectivity index (χ3v) is 3.50. The molecule has 0 radical (unpaired) electrons. The van der Waals surface area contributed by atoms with E-state index < -0.39 is 33.2 Å². The number of nitrogens with two attached hydrogens (primary N) is 2. The van der Waals surface area contributed by atoms with Crippen LogP contribution in [0.3, 0.4) is 0 Å². The molecule has 0 saturated carbocycles. The van der Waals surface area contributed by atoms with E-state index in [0.717, 1.165) is 0 Å². The number of rotatable bonds is 4. The first-order valence-electron chi connectivity index (χ1n) is 3.16. The highest BCUT2D eigenvalue weighted by Gasteiger charge is 2.33. The molecular formula is C3H12N2O6P2. The van der Waals surface area contributed by atoms with Crippen LogP contribution in [-0.4, -0.2) is 31.1 Å². The SMILES string of the molecule is NC(CC(N)P(=O)(O)O)P(=O)(O)O. The van der Waals surface area contributed by atoms with Crippen molar-refractivity contribution in [3.05, 3.63) is 0 Å². The van der Waals surface area contributed by atoms with Crippen molar-refractivity contribution in [1.82, 2.24) is 0 Å². The van der Waals surface area contributed by atoms with Crippen molar-refractivity contribution in [2.24, 2.45) is 11.5 Å². The first-order valence-corrected chi connectivity index (χ1v) is 6.53. The predicted molar refractivity (Wildman–Crippen MR) is 44.7 cm³/mol. The summed E-state index contributed by atoms with van der Waals surface area (Å²) in [7, 11) is -9.05. The zero-order valence-electron chi connectivity index (χ0n) is 6.52. The van der Waals surface area contributed by atoms with Crippen LogP contribution in [0.5, 0.6) is 0 Å². The highest BCUT2D eigenvalue weighted by atomic mass is 31.2. The zero-order valence-corrected chi connectivity index (χ0v) is 8.31. The molecule has 0 saturated heterocycles. The quantitative estimate of drug-likeness (QED) is 0.313. The molecule has 0 spiro atoms. The Morgan fingerprint density at radius 1 is 0.923 bits per heavy atom. The first-order chi connectivity index (χ1) is 5.55. The molecule has 0 aliphatic carbocycles. The van der Waals surface area contributed by atoms with E-state index >= 15 is 0 Å². The maximum absolute atomic E-state index is 10.5. The first kappa shape index (κ1) is 13.2. The Kier molecular flexibility index (Phi) is 4.23. The fourth-order valence-electron chi connectivity index (χ4n) is 0.522. The van der Waals surface area contributed by atoms with Gasteiger partial charge in [0.25, 0.3) is 0 Å². The van der Waals surface area contributed by atoms with E-state index in [0.29, 0.717) is 0 Å². The van der Waals surface area contributed by atoms with Crippen molar-refractivity contribution < 1.29 is 28.7 Å². The molecule has 2 atom stereocenters. The lowest BCUT2D eigenvalue weighted by molar-refractivity contribution is 0.340. The molecule has 80 valence electrons. The van der Waals surface area contributed by atoms with Gasteiger partial charge in [0, 0.05) is 6.42 Å². The Balaban J connectivity index is 4.32. The molecule has 0 amide bonds. The summed E-state index contributed by atoms with van der Waals surface area (Å²) in [6.45, 7) is 0. The summed E-state index contributed by atoms with van der Waals surface area (Å²) in [6, 6.07) is 0. The van der Waals surface area contributed by atoms with E-state index in [1.54, 1.807) is 0 Å². The Labute approximate surface area is 74.3 Å². The molecule has 0 heterocycles. The topological polar surface area (TPSA) is 167 Å². The van der Waals surface area contributed by atoms with Gasteiger partial charge in [0.05, 0.1) is 0 Å². The molecular weight excluding hydrogens is 222 g/mol. The average molecular weight is 234 g/mol. The van der Waals surface area contributed by atoms with E-state index in [9.17, 15) is 9.13 Å². The minimum absolute atomic E-state index is 0.630. The lowest BCUT2D eigenvalue weighted by Gasteiger charge is -2.18. The Morgan fingerprint density at radius 2 is 1.15 bits per heavy atom. The van der Waals surface area contributed by atoms with Crippen LogP contribution in [-0.2, 0) is 9.13 Å². The lowest BCUT2D eigenvalue weighted by atomic mass is 10.4. The summed E-state index contributed by atoms with van der Waals surface area (Å²) < 4.78 is 20.9. The third-order valence-electron chi connectivity index (χ3n) is 1.35. The van der Waals surface area contributed by atoms with E-state index in [1.807, 2.05) is 0 Å².